The Morgan fingerprint density at radius 1 is 0.781 bits per heavy atom. The van der Waals surface area contributed by atoms with Crippen molar-refractivity contribution in [2.24, 2.45) is 11.8 Å². The largest absolute Gasteiger partial charge is 0.481 e. The van der Waals surface area contributed by atoms with E-state index in [1.165, 1.54) is 0 Å². The lowest BCUT2D eigenvalue weighted by Gasteiger charge is -2.42. The minimum atomic E-state index is -1.98. The minimum absolute atomic E-state index is 0.104. The van der Waals surface area contributed by atoms with E-state index in [-0.39, 0.29) is 18.4 Å². The van der Waals surface area contributed by atoms with Crippen molar-refractivity contribution >= 4 is 65.5 Å². The first kappa shape index (κ1) is 51.3. The molecule has 0 aliphatic carbocycles. The number of halogens is 4. The van der Waals surface area contributed by atoms with Crippen LogP contribution in [0.1, 0.15) is 58.4 Å². The first-order valence-electron chi connectivity index (χ1n) is 19.5. The predicted octanol–water partition coefficient (Wildman–Crippen LogP) is 1.38. The fourth-order valence-electron chi connectivity index (χ4n) is 6.33. The monoisotopic (exact) mass is 908 g/mol. The molecule has 1 aliphatic rings. The molecule has 2 unspecified atom stereocenters. The van der Waals surface area contributed by atoms with Gasteiger partial charge in [-0.1, -0.05) is 38.1 Å². The first-order chi connectivity index (χ1) is 30.2. The molecule has 0 aromatic heterocycles. The van der Waals surface area contributed by atoms with Crippen LogP contribution in [-0.4, -0.2) is 109 Å². The van der Waals surface area contributed by atoms with Crippen molar-refractivity contribution in [1.82, 2.24) is 26.6 Å². The summed E-state index contributed by atoms with van der Waals surface area (Å²) in [6.07, 6.45) is 0.721. The number of ether oxygens (including phenoxy) is 3. The molecule has 0 radical (unpaired) electrons. The van der Waals surface area contributed by atoms with Gasteiger partial charge in [-0.25, -0.2) is 8.78 Å². The number of fused-ring (bicyclic) bond motifs is 1. The van der Waals surface area contributed by atoms with Gasteiger partial charge in [-0.3, -0.25) is 43.2 Å². The van der Waals surface area contributed by atoms with Crippen LogP contribution in [0.5, 0.6) is 5.75 Å². The number of hydrogen-bond donors (Lipinski definition) is 7. The summed E-state index contributed by atoms with van der Waals surface area (Å²) < 4.78 is 69.4. The molecular formula is C41H48F4N6O13. The van der Waals surface area contributed by atoms with Gasteiger partial charge < -0.3 is 51.2 Å². The third-order valence-corrected chi connectivity index (χ3v) is 9.70. The number of amides is 5. The highest BCUT2D eigenvalue weighted by molar-refractivity contribution is 5.98. The molecule has 0 saturated heterocycles. The molecule has 3 rings (SSSR count). The van der Waals surface area contributed by atoms with Crippen LogP contribution in [0.3, 0.4) is 0 Å². The number of para-hydroxylation sites is 1. The quantitative estimate of drug-likeness (QED) is 0.0340. The number of benzene rings is 2. The van der Waals surface area contributed by atoms with Crippen molar-refractivity contribution in [3.05, 3.63) is 65.2 Å². The Hall–Kier alpha value is -7.07. The van der Waals surface area contributed by atoms with Gasteiger partial charge in [0.25, 0.3) is 0 Å². The van der Waals surface area contributed by atoms with Gasteiger partial charge in [-0.2, -0.15) is 8.78 Å². The van der Waals surface area contributed by atoms with Crippen LogP contribution in [0.2, 0.25) is 0 Å². The molecule has 7 N–H and O–H groups in total. The highest BCUT2D eigenvalue weighted by atomic mass is 19.2. The van der Waals surface area contributed by atoms with E-state index < -0.39 is 144 Å². The summed E-state index contributed by atoms with van der Waals surface area (Å²) in [6, 6.07) is -0.122. The highest BCUT2D eigenvalue weighted by Gasteiger charge is 2.44. The smallest absolute Gasteiger partial charge is 0.308 e. The molecule has 64 heavy (non-hydrogen) atoms. The average molecular weight is 909 g/mol. The van der Waals surface area contributed by atoms with E-state index in [2.05, 4.69) is 41.4 Å². The van der Waals surface area contributed by atoms with Gasteiger partial charge >= 0.3 is 17.9 Å². The lowest BCUT2D eigenvalue weighted by atomic mass is 9.81. The molecule has 0 fully saturated rings. The maximum absolute atomic E-state index is 14.2. The SMILES string of the molecule is COC(=O)CC(NC(=O)[C@H](C)NC(=O)[C@H](CCC(=O)O)NC(=O)[C@H](CC(=O)OC)NC(=O)C(CC(C)C)[C@@]1(NC=O)C=Cc2ccccc2N1)C(=O)COc1c(F)c(F)cc(F)c1F. The molecule has 0 bridgehead atoms. The molecule has 348 valence electrons. The van der Waals surface area contributed by atoms with Crippen molar-refractivity contribution in [3.63, 3.8) is 0 Å². The molecule has 2 aromatic rings. The zero-order chi connectivity index (χ0) is 47.9. The summed E-state index contributed by atoms with van der Waals surface area (Å²) in [4.78, 5) is 116. The van der Waals surface area contributed by atoms with E-state index in [4.69, 9.17) is 4.74 Å². The van der Waals surface area contributed by atoms with Crippen LogP contribution in [0, 0.1) is 35.1 Å². The fraction of sp³-hybridized carbons (Fsp3) is 0.439. The Kier molecular flexibility index (Phi) is 18.7. The number of esters is 2. The van der Waals surface area contributed by atoms with Crippen LogP contribution < -0.4 is 36.6 Å². The van der Waals surface area contributed by atoms with Crippen molar-refractivity contribution in [2.45, 2.75) is 82.7 Å². The summed E-state index contributed by atoms with van der Waals surface area (Å²) >= 11 is 0. The average Bonchev–Trinajstić information content (AvgIpc) is 3.25. The molecule has 5 amide bonds. The van der Waals surface area contributed by atoms with Gasteiger partial charge in [-0.15, -0.1) is 0 Å². The number of carbonyl (C=O) groups excluding carboxylic acids is 8. The standard InChI is InChI=1S/C41H48F4N6O13/c1-20(2)14-23(41(46-19-52)13-12-22-8-6-7-9-26(22)51-41)38(59)50-29(17-33(57)63-5)40(61)48-27(10-11-31(54)55)39(60)47-21(3)37(58)49-28(16-32(56)62-4)30(53)18-64-36-34(44)24(42)15-25(43)35(36)45/h6-9,12-13,15,19-21,23,27-29,51H,10-11,14,16-18H2,1-5H3,(H,46,52)(H,47,60)(H,48,61)(H,49,58)(H,50,59)(H,54,55)/t21-,23?,27-,28?,29-,41+/m0/s1. The normalized spacial score (nSPS) is 16.2. The van der Waals surface area contributed by atoms with Crippen molar-refractivity contribution in [2.75, 3.05) is 26.1 Å². The number of hydrogen-bond acceptors (Lipinski definition) is 13. The van der Waals surface area contributed by atoms with Crippen molar-refractivity contribution in [3.8, 4) is 5.75 Å². The molecule has 2 aromatic carbocycles. The van der Waals surface area contributed by atoms with Gasteiger partial charge in [-0.05, 0) is 43.4 Å². The fourth-order valence-corrected chi connectivity index (χ4v) is 6.33. The summed E-state index contributed by atoms with van der Waals surface area (Å²) in [5, 5.41) is 24.3. The molecule has 19 nitrogen and oxygen atoms in total. The van der Waals surface area contributed by atoms with Gasteiger partial charge in [0, 0.05) is 18.2 Å². The third kappa shape index (κ3) is 14.0. The highest BCUT2D eigenvalue weighted by Crippen LogP contribution is 2.34. The third-order valence-electron chi connectivity index (χ3n) is 9.70. The second kappa shape index (κ2) is 23.4. The van der Waals surface area contributed by atoms with E-state index in [1.807, 2.05) is 0 Å². The topological polar surface area (TPSA) is 274 Å². The Morgan fingerprint density at radius 2 is 1.34 bits per heavy atom. The number of carboxylic acid groups (broad SMARTS) is 1. The number of carboxylic acids is 1. The molecular weight excluding hydrogens is 860 g/mol. The predicted molar refractivity (Wildman–Crippen MR) is 214 cm³/mol. The number of methoxy groups -OCH3 is 2. The number of Topliss-reactive ketones (excluding diaryl/α,β-unsaturated/α-hetero) is 1. The van der Waals surface area contributed by atoms with Gasteiger partial charge in [0.05, 0.1) is 33.0 Å². The number of carbonyl (C=O) groups is 9. The van der Waals surface area contributed by atoms with E-state index in [1.54, 1.807) is 50.3 Å². The molecule has 0 spiro atoms. The van der Waals surface area contributed by atoms with Crippen molar-refractivity contribution in [1.29, 1.82) is 0 Å². The second-order valence-electron chi connectivity index (χ2n) is 14.8. The lowest BCUT2D eigenvalue weighted by Crippen LogP contribution is -2.63. The van der Waals surface area contributed by atoms with Crippen molar-refractivity contribution < 1.29 is 80.0 Å². The lowest BCUT2D eigenvalue weighted by molar-refractivity contribution is -0.145. The zero-order valence-electron chi connectivity index (χ0n) is 35.2. The van der Waals surface area contributed by atoms with Crippen LogP contribution in [0.4, 0.5) is 23.2 Å². The number of rotatable bonds is 24. The van der Waals surface area contributed by atoms with E-state index in [9.17, 15) is 65.8 Å². The zero-order valence-corrected chi connectivity index (χ0v) is 35.2. The summed E-state index contributed by atoms with van der Waals surface area (Å²) in [7, 11) is 1.93. The minimum Gasteiger partial charge on any atom is -0.481 e. The maximum atomic E-state index is 14.2. The molecule has 23 heteroatoms. The van der Waals surface area contributed by atoms with Crippen LogP contribution in [0.15, 0.2) is 36.4 Å². The summed E-state index contributed by atoms with van der Waals surface area (Å²) in [5.41, 5.74) is -0.237. The number of aliphatic carboxylic acids is 1. The van der Waals surface area contributed by atoms with Gasteiger partial charge in [0.1, 0.15) is 36.4 Å². The first-order valence-corrected chi connectivity index (χ1v) is 19.5. The van der Waals surface area contributed by atoms with E-state index in [0.717, 1.165) is 26.7 Å². The molecule has 1 aliphatic heterocycles. The molecule has 0 saturated carbocycles. The number of nitrogens with one attached hydrogen (secondary N) is 6. The maximum Gasteiger partial charge on any atom is 0.308 e. The Morgan fingerprint density at radius 3 is 1.92 bits per heavy atom. The van der Waals surface area contributed by atoms with Gasteiger partial charge in [0.15, 0.2) is 23.2 Å². The van der Waals surface area contributed by atoms with Crippen LogP contribution >= 0.6 is 0 Å². The number of anilines is 1. The van der Waals surface area contributed by atoms with E-state index in [0.29, 0.717) is 12.1 Å². The molecule has 1 heterocycles. The van der Waals surface area contributed by atoms with E-state index >= 15 is 0 Å². The molecule has 6 atom stereocenters. The summed E-state index contributed by atoms with van der Waals surface area (Å²) in [5.74, 6) is -19.7. The van der Waals surface area contributed by atoms with Crippen LogP contribution in [0.25, 0.3) is 6.08 Å². The number of ketones is 1. The Labute approximate surface area is 363 Å². The van der Waals surface area contributed by atoms with Gasteiger partial charge in [0.2, 0.25) is 41.7 Å². The van der Waals surface area contributed by atoms with Crippen LogP contribution in [-0.2, 0) is 52.6 Å². The summed E-state index contributed by atoms with van der Waals surface area (Å²) in [6.45, 7) is 3.34. The second-order valence-corrected chi connectivity index (χ2v) is 14.8. The Bertz CT molecular complexity index is 2110. The Balaban J connectivity index is 1.84.